The van der Waals surface area contributed by atoms with Crippen molar-refractivity contribution in [1.29, 1.82) is 0 Å². The zero-order valence-corrected chi connectivity index (χ0v) is 27.3. The Hall–Kier alpha value is -2.50. The number of H-pyrrole nitrogens is 1. The molecule has 12 heteroatoms. The number of hydrogen-bond acceptors (Lipinski definition) is 6. The van der Waals surface area contributed by atoms with Crippen molar-refractivity contribution >= 4 is 70.8 Å². The molecule has 3 rings (SSSR count). The van der Waals surface area contributed by atoms with E-state index in [0.29, 0.717) is 11.1 Å². The molecule has 0 aliphatic heterocycles. The summed E-state index contributed by atoms with van der Waals surface area (Å²) in [5, 5.41) is 23.5. The molecule has 0 aliphatic rings. The molecule has 0 bridgehead atoms. The van der Waals surface area contributed by atoms with Crippen LogP contribution in [0.2, 0.25) is 0 Å². The average Bonchev–Trinajstić information content (AvgIpc) is 3.23. The van der Waals surface area contributed by atoms with Crippen LogP contribution in [0.3, 0.4) is 0 Å². The van der Waals surface area contributed by atoms with E-state index in [9.17, 15) is 20.2 Å². The fourth-order valence-corrected chi connectivity index (χ4v) is 3.63. The zero-order valence-electron chi connectivity index (χ0n) is 22.9. The van der Waals surface area contributed by atoms with Crippen LogP contribution in [0.4, 0.5) is 17.1 Å². The predicted molar refractivity (Wildman–Crippen MR) is 160 cm³/mol. The summed E-state index contributed by atoms with van der Waals surface area (Å²) in [5.74, 6) is 0. The third-order valence-electron chi connectivity index (χ3n) is 5.43. The van der Waals surface area contributed by atoms with Crippen LogP contribution in [-0.2, 0) is 10.8 Å². The molecule has 1 aromatic heterocycles. The molecule has 1 heterocycles. The Morgan fingerprint density at radius 2 is 1.45 bits per heavy atom. The molecule has 0 amide bonds. The number of fused-ring (bicyclic) bond motifs is 1. The Kier molecular flexibility index (Phi) is 12.4. The number of nitrogens with zero attached hydrogens (tertiary/aromatic N) is 3. The molecule has 0 atom stereocenters. The monoisotopic (exact) mass is 671 g/mol. The maximum atomic E-state index is 11.2. The van der Waals surface area contributed by atoms with E-state index in [1.807, 2.05) is 33.0 Å². The molecule has 3 aromatic rings. The van der Waals surface area contributed by atoms with Gasteiger partial charge in [0.25, 0.3) is 11.4 Å². The van der Waals surface area contributed by atoms with E-state index >= 15 is 0 Å². The number of nitrogens with two attached hydrogens (primary N) is 1. The Labute approximate surface area is 241 Å². The van der Waals surface area contributed by atoms with Gasteiger partial charge in [-0.25, -0.2) is 0 Å². The summed E-state index contributed by atoms with van der Waals surface area (Å²) in [4.78, 5) is 26.0. The van der Waals surface area contributed by atoms with Gasteiger partial charge in [-0.3, -0.25) is 20.2 Å². The number of aromatic nitrogens is 1. The van der Waals surface area contributed by atoms with E-state index in [-0.39, 0.29) is 16.8 Å². The molecule has 206 valence electrons. The first-order valence-electron chi connectivity index (χ1n) is 11.6. The summed E-state index contributed by atoms with van der Waals surface area (Å²) in [6.07, 6.45) is 5.19. The minimum atomic E-state index is -0.826. The molecule has 2 radical (unpaired) electrons. The van der Waals surface area contributed by atoms with Crippen LogP contribution >= 0.6 is 17.8 Å². The summed E-state index contributed by atoms with van der Waals surface area (Å²) in [5.41, 5.74) is 9.14. The van der Waals surface area contributed by atoms with Gasteiger partial charge in [-0.05, 0) is 58.3 Å². The van der Waals surface area contributed by atoms with Crippen LogP contribution in [0.1, 0.15) is 58.2 Å². The summed E-state index contributed by atoms with van der Waals surface area (Å²) >= 11 is -0.826. The van der Waals surface area contributed by atoms with Crippen molar-refractivity contribution in [3.05, 3.63) is 79.6 Å². The van der Waals surface area contributed by atoms with E-state index < -0.39 is 34.2 Å². The molecular weight excluding hydrogens is 636 g/mol. The number of anilines is 1. The van der Waals surface area contributed by atoms with Gasteiger partial charge < -0.3 is 15.6 Å². The normalized spacial score (nSPS) is 11.4. The van der Waals surface area contributed by atoms with Crippen molar-refractivity contribution in [2.24, 2.45) is 0 Å². The van der Waals surface area contributed by atoms with Crippen molar-refractivity contribution in [1.82, 2.24) is 9.88 Å². The second-order valence-corrected chi connectivity index (χ2v) is 15.0. The fourth-order valence-electron chi connectivity index (χ4n) is 3.63. The number of rotatable bonds is 4. The summed E-state index contributed by atoms with van der Waals surface area (Å²) < 4.78 is 0. The SMILES string of the molecule is CC(C)(C)c1cc2cc[nH]c2cc1N.CN(C)/C=C/c1cc(C(C)(C)C)c([N+](=O)[O-])cc1[N+](=O)[O-].[Cl][Sn][Cl]. The third kappa shape index (κ3) is 9.67. The van der Waals surface area contributed by atoms with Crippen LogP contribution < -0.4 is 5.73 Å². The van der Waals surface area contributed by atoms with E-state index in [0.717, 1.165) is 17.3 Å². The number of nitro groups is 2. The number of halogens is 2. The minimum absolute atomic E-state index is 0.107. The van der Waals surface area contributed by atoms with Gasteiger partial charge in [0.05, 0.1) is 21.5 Å². The quantitative estimate of drug-likeness (QED) is 0.129. The van der Waals surface area contributed by atoms with Gasteiger partial charge >= 0.3 is 36.7 Å². The fraction of sp³-hybridized carbons (Fsp3) is 0.385. The number of nitrogens with one attached hydrogen (secondary N) is 1. The van der Waals surface area contributed by atoms with Gasteiger partial charge in [0.1, 0.15) is 0 Å². The molecule has 0 saturated heterocycles. The van der Waals surface area contributed by atoms with Crippen LogP contribution in [0, 0.1) is 20.2 Å². The molecule has 38 heavy (non-hydrogen) atoms. The van der Waals surface area contributed by atoms with Crippen LogP contribution in [0.15, 0.2) is 42.7 Å². The predicted octanol–water partition coefficient (Wildman–Crippen LogP) is 7.38. The van der Waals surface area contributed by atoms with Crippen molar-refractivity contribution in [3.63, 3.8) is 0 Å². The van der Waals surface area contributed by atoms with Gasteiger partial charge in [0, 0.05) is 37.1 Å². The summed E-state index contributed by atoms with van der Waals surface area (Å²) in [7, 11) is 13.4. The van der Waals surface area contributed by atoms with Gasteiger partial charge in [-0.1, -0.05) is 41.5 Å². The van der Waals surface area contributed by atoms with Crippen LogP contribution in [-0.4, -0.2) is 52.7 Å². The van der Waals surface area contributed by atoms with Crippen molar-refractivity contribution < 1.29 is 9.85 Å². The van der Waals surface area contributed by atoms with E-state index in [2.05, 4.69) is 37.9 Å². The van der Waals surface area contributed by atoms with Crippen molar-refractivity contribution in [3.8, 4) is 0 Å². The zero-order chi connectivity index (χ0) is 29.4. The molecule has 0 aliphatic carbocycles. The Balaban J connectivity index is 0.000000364. The second-order valence-electron chi connectivity index (χ2n) is 10.8. The van der Waals surface area contributed by atoms with Crippen molar-refractivity contribution in [2.45, 2.75) is 52.4 Å². The summed E-state index contributed by atoms with van der Waals surface area (Å²) in [6.45, 7) is 12.0. The van der Waals surface area contributed by atoms with Crippen molar-refractivity contribution in [2.75, 3.05) is 19.8 Å². The van der Waals surface area contributed by atoms with Gasteiger partial charge in [-0.2, -0.15) is 0 Å². The van der Waals surface area contributed by atoms with E-state index in [1.54, 1.807) is 31.3 Å². The number of nitro benzene ring substituents is 2. The molecule has 0 fully saturated rings. The molecule has 0 unspecified atom stereocenters. The summed E-state index contributed by atoms with van der Waals surface area (Å²) in [6, 6.07) is 8.81. The maximum absolute atomic E-state index is 11.2. The Bertz CT molecular complexity index is 1300. The standard InChI is InChI=1S/C14H19N3O4.C12H16N2.2ClH.Sn/c1-14(2,3)11-8-10(6-7-15(4)5)12(16(18)19)9-13(11)17(20)21;1-12(2,3)9-6-8-4-5-14-11(8)7-10(9)13;;;/h6-9H,1-5H3;4-7,14H,13H2,1-3H3;2*1H;/q;;;;+2/p-2/b7-6+;;;;. The van der Waals surface area contributed by atoms with E-state index in [1.165, 1.54) is 17.0 Å². The molecule has 9 nitrogen and oxygen atoms in total. The van der Waals surface area contributed by atoms with Gasteiger partial charge in [0.15, 0.2) is 0 Å². The third-order valence-corrected chi connectivity index (χ3v) is 5.43. The first-order valence-corrected chi connectivity index (χ1v) is 18.8. The topological polar surface area (TPSA) is 131 Å². The molecule has 0 saturated carbocycles. The molecule has 3 N–H and O–H groups in total. The number of hydrogen-bond donors (Lipinski definition) is 2. The number of benzene rings is 2. The first kappa shape index (κ1) is 33.5. The number of aromatic amines is 1. The Morgan fingerprint density at radius 3 is 1.89 bits per heavy atom. The Morgan fingerprint density at radius 1 is 0.921 bits per heavy atom. The van der Waals surface area contributed by atoms with Crippen LogP contribution in [0.5, 0.6) is 0 Å². The molecule has 0 spiro atoms. The first-order chi connectivity index (χ1) is 17.4. The second kappa shape index (κ2) is 14.0. The van der Waals surface area contributed by atoms with Crippen LogP contribution in [0.25, 0.3) is 17.0 Å². The van der Waals surface area contributed by atoms with Gasteiger partial charge in [0.2, 0.25) is 0 Å². The number of nitrogen functional groups attached to an aromatic ring is 1. The van der Waals surface area contributed by atoms with E-state index in [4.69, 9.17) is 23.6 Å². The molecule has 2 aromatic carbocycles. The average molecular weight is 671 g/mol. The molecular formula is C26H35Cl2N5O4Sn. The van der Waals surface area contributed by atoms with Gasteiger partial charge in [-0.15, -0.1) is 0 Å².